The highest BCUT2D eigenvalue weighted by atomic mass is 16.6. The lowest BCUT2D eigenvalue weighted by Gasteiger charge is -2.50. The average molecular weight is 419 g/mol. The second kappa shape index (κ2) is 8.86. The molecule has 4 aliphatic carbocycles. The van der Waals surface area contributed by atoms with E-state index in [2.05, 4.69) is 0 Å². The van der Waals surface area contributed by atoms with Gasteiger partial charge in [0.25, 0.3) is 0 Å². The molecule has 0 aromatic heterocycles. The third-order valence-electron chi connectivity index (χ3n) is 7.72. The van der Waals surface area contributed by atoms with Gasteiger partial charge in [-0.1, -0.05) is 55.7 Å². The fourth-order valence-corrected chi connectivity index (χ4v) is 6.41. The van der Waals surface area contributed by atoms with Crippen molar-refractivity contribution in [1.29, 1.82) is 0 Å². The number of rotatable bonds is 4. The van der Waals surface area contributed by atoms with Crippen molar-refractivity contribution >= 4 is 11.9 Å². The third kappa shape index (κ3) is 4.00. The first-order valence-corrected chi connectivity index (χ1v) is 11.7. The Morgan fingerprint density at radius 3 is 1.35 bits per heavy atom. The number of hydrogen-bond acceptors (Lipinski definition) is 4. The first-order valence-electron chi connectivity index (χ1n) is 11.7. The maximum atomic E-state index is 13.0. The van der Waals surface area contributed by atoms with Crippen molar-refractivity contribution in [2.75, 3.05) is 0 Å². The Kier molecular flexibility index (Phi) is 5.80. The molecule has 0 saturated heterocycles. The summed E-state index contributed by atoms with van der Waals surface area (Å²) in [7, 11) is 0. The lowest BCUT2D eigenvalue weighted by Crippen LogP contribution is -2.55. The smallest absolute Gasteiger partial charge is 0.338 e. The summed E-state index contributed by atoms with van der Waals surface area (Å²) in [5.41, 5.74) is 1.10. The minimum atomic E-state index is -0.368. The summed E-state index contributed by atoms with van der Waals surface area (Å²) in [4.78, 5) is 26.0. The zero-order chi connectivity index (χ0) is 21.2. The van der Waals surface area contributed by atoms with Gasteiger partial charge in [0.05, 0.1) is 11.1 Å². The number of hydrogen-bond donors (Lipinski definition) is 0. The van der Waals surface area contributed by atoms with Crippen LogP contribution in [-0.2, 0) is 9.47 Å². The molecule has 0 heterocycles. The van der Waals surface area contributed by atoms with Crippen LogP contribution in [0.15, 0.2) is 60.7 Å². The van der Waals surface area contributed by atoms with E-state index in [1.54, 1.807) is 24.3 Å². The third-order valence-corrected chi connectivity index (χ3v) is 7.72. The summed E-state index contributed by atoms with van der Waals surface area (Å²) in [5, 5.41) is 0. The van der Waals surface area contributed by atoms with E-state index in [0.717, 1.165) is 19.3 Å². The molecule has 31 heavy (non-hydrogen) atoms. The molecule has 0 spiro atoms. The molecule has 6 atom stereocenters. The van der Waals surface area contributed by atoms with Gasteiger partial charge in [-0.3, -0.25) is 0 Å². The maximum Gasteiger partial charge on any atom is 0.338 e. The lowest BCUT2D eigenvalue weighted by molar-refractivity contribution is -0.135. The van der Waals surface area contributed by atoms with Crippen LogP contribution in [0.4, 0.5) is 0 Å². The van der Waals surface area contributed by atoms with Crippen LogP contribution in [0.25, 0.3) is 0 Å². The molecular formula is C27H30O4. The van der Waals surface area contributed by atoms with Gasteiger partial charge < -0.3 is 9.47 Å². The van der Waals surface area contributed by atoms with Crippen LogP contribution < -0.4 is 0 Å². The minimum absolute atomic E-state index is 0.269. The van der Waals surface area contributed by atoms with Crippen molar-refractivity contribution in [2.24, 2.45) is 23.7 Å². The van der Waals surface area contributed by atoms with Crippen molar-refractivity contribution in [3.63, 3.8) is 0 Å². The van der Waals surface area contributed by atoms with Crippen LogP contribution in [-0.4, -0.2) is 24.1 Å². The molecule has 0 radical (unpaired) electrons. The minimum Gasteiger partial charge on any atom is -0.455 e. The number of benzene rings is 2. The predicted molar refractivity (Wildman–Crippen MR) is 118 cm³/mol. The Morgan fingerprint density at radius 1 is 0.548 bits per heavy atom. The predicted octanol–water partition coefficient (Wildman–Crippen LogP) is 5.67. The van der Waals surface area contributed by atoms with Crippen LogP contribution in [0.5, 0.6) is 0 Å². The average Bonchev–Trinajstić information content (AvgIpc) is 3.12. The van der Waals surface area contributed by atoms with Gasteiger partial charge in [-0.05, 0) is 61.8 Å². The normalized spacial score (nSPS) is 31.9. The van der Waals surface area contributed by atoms with Crippen molar-refractivity contribution in [3.8, 4) is 0 Å². The Morgan fingerprint density at radius 2 is 0.935 bits per heavy atom. The second-order valence-electron chi connectivity index (χ2n) is 9.34. The van der Waals surface area contributed by atoms with Crippen molar-refractivity contribution in [2.45, 2.75) is 57.2 Å². The quantitative estimate of drug-likeness (QED) is 0.600. The largest absolute Gasteiger partial charge is 0.455 e. The fourth-order valence-electron chi connectivity index (χ4n) is 6.41. The van der Waals surface area contributed by atoms with Crippen LogP contribution in [0, 0.1) is 23.7 Å². The Balaban J connectivity index is 1.45. The Bertz CT molecular complexity index is 834. The number of esters is 2. The lowest BCUT2D eigenvalue weighted by atomic mass is 9.60. The molecule has 4 nitrogen and oxygen atoms in total. The summed E-state index contributed by atoms with van der Waals surface area (Å²) in [6.07, 6.45) is 7.36. The molecule has 6 rings (SSSR count). The summed E-state index contributed by atoms with van der Waals surface area (Å²) < 4.78 is 12.3. The van der Waals surface area contributed by atoms with Gasteiger partial charge in [0, 0.05) is 11.8 Å². The van der Waals surface area contributed by atoms with Gasteiger partial charge in [0.2, 0.25) is 0 Å². The van der Waals surface area contributed by atoms with Crippen LogP contribution in [0.2, 0.25) is 0 Å². The summed E-state index contributed by atoms with van der Waals surface area (Å²) in [6, 6.07) is 18.3. The second-order valence-corrected chi connectivity index (χ2v) is 9.34. The van der Waals surface area contributed by atoms with E-state index >= 15 is 0 Å². The molecule has 2 bridgehead atoms. The van der Waals surface area contributed by atoms with Gasteiger partial charge in [-0.2, -0.15) is 0 Å². The van der Waals surface area contributed by atoms with E-state index in [1.165, 1.54) is 25.7 Å². The van der Waals surface area contributed by atoms with Crippen LogP contribution in [0.3, 0.4) is 0 Å². The summed E-state index contributed by atoms with van der Waals surface area (Å²) in [6.45, 7) is 0. The molecule has 4 saturated carbocycles. The molecule has 2 aromatic carbocycles. The van der Waals surface area contributed by atoms with E-state index in [9.17, 15) is 9.59 Å². The molecule has 162 valence electrons. The fraction of sp³-hybridized carbons (Fsp3) is 0.481. The zero-order valence-electron chi connectivity index (χ0n) is 17.8. The van der Waals surface area contributed by atoms with E-state index in [1.807, 2.05) is 36.4 Å². The van der Waals surface area contributed by atoms with Gasteiger partial charge in [0.15, 0.2) is 0 Å². The van der Waals surface area contributed by atoms with E-state index in [0.29, 0.717) is 23.0 Å². The number of carbonyl (C=O) groups is 2. The first-order chi connectivity index (χ1) is 15.2. The van der Waals surface area contributed by atoms with Gasteiger partial charge in [-0.25, -0.2) is 9.59 Å². The monoisotopic (exact) mass is 418 g/mol. The molecule has 0 amide bonds. The number of carbonyl (C=O) groups excluding carboxylic acids is 2. The van der Waals surface area contributed by atoms with E-state index in [4.69, 9.17) is 9.47 Å². The molecule has 0 N–H and O–H groups in total. The van der Waals surface area contributed by atoms with Crippen LogP contribution in [0.1, 0.15) is 65.7 Å². The van der Waals surface area contributed by atoms with E-state index < -0.39 is 0 Å². The van der Waals surface area contributed by atoms with Crippen molar-refractivity contribution in [1.82, 2.24) is 0 Å². The number of fused-ring (bicyclic) bond motifs is 3. The molecule has 4 aliphatic rings. The van der Waals surface area contributed by atoms with Gasteiger partial charge in [0.1, 0.15) is 12.2 Å². The highest BCUT2D eigenvalue weighted by molar-refractivity contribution is 5.90. The van der Waals surface area contributed by atoms with Crippen molar-refractivity contribution in [3.05, 3.63) is 71.8 Å². The SMILES string of the molecule is O=C(OC1C2CCCC(C3CCCCC32)C1OC(=O)c1ccccc1)c1ccccc1. The Labute approximate surface area is 183 Å². The standard InChI is InChI=1S/C27H30O4/c28-26(18-10-3-1-4-11-18)30-24-22-16-9-17-23(21-15-8-7-14-20(21)22)25(24)31-27(29)19-12-5-2-6-13-19/h1-6,10-13,20-25H,7-9,14-17H2. The summed E-state index contributed by atoms with van der Waals surface area (Å²) >= 11 is 0. The van der Waals surface area contributed by atoms with E-state index in [-0.39, 0.29) is 36.0 Å². The van der Waals surface area contributed by atoms with Crippen LogP contribution >= 0.6 is 0 Å². The Hall–Kier alpha value is -2.62. The zero-order valence-corrected chi connectivity index (χ0v) is 17.8. The van der Waals surface area contributed by atoms with Crippen molar-refractivity contribution < 1.29 is 19.1 Å². The van der Waals surface area contributed by atoms with Gasteiger partial charge >= 0.3 is 11.9 Å². The maximum absolute atomic E-state index is 13.0. The molecule has 2 aromatic rings. The summed E-state index contributed by atoms with van der Waals surface area (Å²) in [5.74, 6) is 1.05. The first kappa shape index (κ1) is 20.3. The molecular weight excluding hydrogens is 388 g/mol. The highest BCUT2D eigenvalue weighted by Crippen LogP contribution is 2.54. The topological polar surface area (TPSA) is 52.6 Å². The van der Waals surface area contributed by atoms with Gasteiger partial charge in [-0.15, -0.1) is 0 Å². The molecule has 4 heteroatoms. The molecule has 4 fully saturated rings. The highest BCUT2D eigenvalue weighted by Gasteiger charge is 2.55. The molecule has 6 unspecified atom stereocenters. The molecule has 0 aliphatic heterocycles. The number of ether oxygens (including phenoxy) is 2.